The number of aromatic nitrogens is 1. The molecule has 1 aromatic heterocycles. The van der Waals surface area contributed by atoms with E-state index in [0.29, 0.717) is 23.8 Å². The Bertz CT molecular complexity index is 1100. The summed E-state index contributed by atoms with van der Waals surface area (Å²) in [5, 5.41) is 14.6. The molecule has 8 heteroatoms. The zero-order valence-corrected chi connectivity index (χ0v) is 23.4. The van der Waals surface area contributed by atoms with Crippen molar-refractivity contribution in [1.29, 1.82) is 0 Å². The number of amides is 1. The number of carbonyl (C=O) groups is 1. The van der Waals surface area contributed by atoms with Crippen molar-refractivity contribution in [3.05, 3.63) is 63.4 Å². The number of halogens is 1. The molecule has 0 bridgehead atoms. The molecule has 2 saturated heterocycles. The maximum atomic E-state index is 13.3. The Morgan fingerprint density at radius 1 is 1.14 bits per heavy atom. The molecule has 0 saturated carbocycles. The standard InChI is InChI=1S/C28H38BrN4O3/c1-5-36-30-26(22-6-8-24(29)9-7-22)23-11-15-32(16-12-23)28(4)13-18-31(19-14-28)27(34)25-20(2)10-17-33(35)21(25)3/h6-10,17,23,35H,5,11-16,18-19H2,1-4H3/q+1/b30-26+. The van der Waals surface area contributed by atoms with E-state index in [9.17, 15) is 10.0 Å². The van der Waals surface area contributed by atoms with Crippen molar-refractivity contribution >= 4 is 27.5 Å². The molecule has 0 aliphatic carbocycles. The maximum absolute atomic E-state index is 13.3. The summed E-state index contributed by atoms with van der Waals surface area (Å²) in [7, 11) is 0. The minimum Gasteiger partial charge on any atom is -0.396 e. The Labute approximate surface area is 222 Å². The van der Waals surface area contributed by atoms with Gasteiger partial charge in [-0.2, -0.15) is 0 Å². The zero-order chi connectivity index (χ0) is 25.9. The molecule has 2 fully saturated rings. The second-order valence-electron chi connectivity index (χ2n) is 10.3. The molecule has 0 spiro atoms. The van der Waals surface area contributed by atoms with E-state index in [1.165, 1.54) is 0 Å². The number of likely N-dealkylation sites (tertiary alicyclic amines) is 2. The monoisotopic (exact) mass is 557 g/mol. The molecule has 3 heterocycles. The molecular weight excluding hydrogens is 520 g/mol. The van der Waals surface area contributed by atoms with Crippen molar-refractivity contribution in [2.24, 2.45) is 11.1 Å². The van der Waals surface area contributed by atoms with Gasteiger partial charge in [0.1, 0.15) is 12.2 Å². The van der Waals surface area contributed by atoms with Crippen molar-refractivity contribution in [1.82, 2.24) is 9.80 Å². The molecule has 0 radical (unpaired) electrons. The fourth-order valence-electron chi connectivity index (χ4n) is 5.58. The van der Waals surface area contributed by atoms with Gasteiger partial charge in [0, 0.05) is 46.7 Å². The van der Waals surface area contributed by atoms with Crippen LogP contribution < -0.4 is 4.73 Å². The Balaban J connectivity index is 1.38. The Hall–Kier alpha value is -2.45. The van der Waals surface area contributed by atoms with Crippen LogP contribution in [0, 0.1) is 19.8 Å². The number of pyridine rings is 1. The number of carbonyl (C=O) groups excluding carboxylic acids is 1. The summed E-state index contributed by atoms with van der Waals surface area (Å²) in [4.78, 5) is 23.4. The number of oxime groups is 1. The number of aryl methyl sites for hydroxylation is 1. The summed E-state index contributed by atoms with van der Waals surface area (Å²) in [6, 6.07) is 10.1. The lowest BCUT2D eigenvalue weighted by molar-refractivity contribution is -0.908. The van der Waals surface area contributed by atoms with Crippen LogP contribution in [0.2, 0.25) is 0 Å². The molecule has 36 heavy (non-hydrogen) atoms. The fraction of sp³-hybridized carbons (Fsp3) is 0.536. The molecule has 1 amide bonds. The average molecular weight is 559 g/mol. The van der Waals surface area contributed by atoms with Crippen LogP contribution in [0.1, 0.15) is 66.7 Å². The lowest BCUT2D eigenvalue weighted by Crippen LogP contribution is -2.57. The third kappa shape index (κ3) is 5.59. The van der Waals surface area contributed by atoms with Gasteiger partial charge in [-0.15, -0.1) is 0 Å². The topological polar surface area (TPSA) is 69.2 Å². The number of benzene rings is 1. The van der Waals surface area contributed by atoms with Gasteiger partial charge in [0.15, 0.2) is 0 Å². The number of hydrogen-bond acceptors (Lipinski definition) is 5. The molecule has 194 valence electrons. The predicted octanol–water partition coefficient (Wildman–Crippen LogP) is 4.74. The molecule has 1 N–H and O–H groups in total. The lowest BCUT2D eigenvalue weighted by Gasteiger charge is -2.49. The Kier molecular flexibility index (Phi) is 8.35. The number of nitrogens with zero attached hydrogens (tertiary/aromatic N) is 4. The normalized spacial score (nSPS) is 19.4. The maximum Gasteiger partial charge on any atom is 0.260 e. The summed E-state index contributed by atoms with van der Waals surface area (Å²) in [6.45, 7) is 12.1. The van der Waals surface area contributed by atoms with E-state index >= 15 is 0 Å². The summed E-state index contributed by atoms with van der Waals surface area (Å²) in [5.74, 6) is 0.383. The molecule has 0 atom stereocenters. The molecule has 4 rings (SSSR count). The molecular formula is C28H38BrN4O3+. The number of hydrogen-bond donors (Lipinski definition) is 1. The van der Waals surface area contributed by atoms with E-state index < -0.39 is 0 Å². The molecule has 7 nitrogen and oxygen atoms in total. The highest BCUT2D eigenvalue weighted by Crippen LogP contribution is 2.34. The Morgan fingerprint density at radius 3 is 2.39 bits per heavy atom. The van der Waals surface area contributed by atoms with Crippen molar-refractivity contribution in [2.75, 3.05) is 32.8 Å². The minimum absolute atomic E-state index is 0.0143. The summed E-state index contributed by atoms with van der Waals surface area (Å²) >= 11 is 3.52. The fourth-order valence-corrected chi connectivity index (χ4v) is 5.84. The predicted molar refractivity (Wildman–Crippen MR) is 143 cm³/mol. The summed E-state index contributed by atoms with van der Waals surface area (Å²) in [5.41, 5.74) is 4.34. The minimum atomic E-state index is 0.0143. The van der Waals surface area contributed by atoms with Crippen LogP contribution in [-0.2, 0) is 4.84 Å². The largest absolute Gasteiger partial charge is 0.396 e. The molecule has 2 aliphatic rings. The molecule has 0 unspecified atom stereocenters. The van der Waals surface area contributed by atoms with Crippen LogP contribution in [0.25, 0.3) is 0 Å². The van der Waals surface area contributed by atoms with Gasteiger partial charge < -0.3 is 9.74 Å². The van der Waals surface area contributed by atoms with Gasteiger partial charge in [-0.05, 0) is 82.8 Å². The van der Waals surface area contributed by atoms with Gasteiger partial charge in [0.25, 0.3) is 5.91 Å². The van der Waals surface area contributed by atoms with Crippen LogP contribution in [0.3, 0.4) is 0 Å². The highest BCUT2D eigenvalue weighted by molar-refractivity contribution is 9.10. The van der Waals surface area contributed by atoms with Gasteiger partial charge in [0.2, 0.25) is 11.9 Å². The third-order valence-electron chi connectivity index (χ3n) is 7.98. The van der Waals surface area contributed by atoms with Gasteiger partial charge in [-0.25, -0.2) is 0 Å². The molecule has 1 aromatic carbocycles. The number of piperidine rings is 2. The van der Waals surface area contributed by atoms with E-state index in [1.807, 2.05) is 18.7 Å². The van der Waals surface area contributed by atoms with Gasteiger partial charge in [0.05, 0.1) is 5.71 Å². The Morgan fingerprint density at radius 2 is 1.78 bits per heavy atom. The van der Waals surface area contributed by atoms with E-state index in [2.05, 4.69) is 57.2 Å². The van der Waals surface area contributed by atoms with Crippen LogP contribution >= 0.6 is 15.9 Å². The van der Waals surface area contributed by atoms with Crippen LogP contribution in [0.4, 0.5) is 0 Å². The van der Waals surface area contributed by atoms with Crippen molar-refractivity contribution < 1.29 is 19.6 Å². The van der Waals surface area contributed by atoms with Crippen molar-refractivity contribution in [3.63, 3.8) is 0 Å². The first kappa shape index (κ1) is 26.6. The van der Waals surface area contributed by atoms with Crippen molar-refractivity contribution in [2.45, 2.75) is 58.9 Å². The zero-order valence-electron chi connectivity index (χ0n) is 21.8. The third-order valence-corrected chi connectivity index (χ3v) is 8.51. The first-order valence-corrected chi connectivity index (χ1v) is 13.7. The van der Waals surface area contributed by atoms with Gasteiger partial charge >= 0.3 is 0 Å². The summed E-state index contributed by atoms with van der Waals surface area (Å²) in [6.07, 6.45) is 5.55. The van der Waals surface area contributed by atoms with E-state index in [1.54, 1.807) is 19.2 Å². The summed E-state index contributed by atoms with van der Waals surface area (Å²) < 4.78 is 2.10. The highest BCUT2D eigenvalue weighted by atomic mass is 79.9. The van der Waals surface area contributed by atoms with E-state index in [4.69, 9.17) is 4.84 Å². The molecule has 2 aromatic rings. The van der Waals surface area contributed by atoms with Crippen molar-refractivity contribution in [3.8, 4) is 0 Å². The van der Waals surface area contributed by atoms with Crippen LogP contribution in [-0.4, -0.2) is 65.0 Å². The SMILES string of the molecule is CCO/N=C(\c1ccc(Br)cc1)C1CCN(C2(C)CCN(C(=O)c3c(C)cc[n+](O)c3C)CC2)CC1. The van der Waals surface area contributed by atoms with E-state index in [0.717, 1.165) is 77.9 Å². The average Bonchev–Trinajstić information content (AvgIpc) is 2.88. The molecule has 2 aliphatic heterocycles. The first-order valence-electron chi connectivity index (χ1n) is 12.9. The second-order valence-corrected chi connectivity index (χ2v) is 11.2. The quantitative estimate of drug-likeness (QED) is 0.241. The number of rotatable bonds is 6. The smallest absolute Gasteiger partial charge is 0.260 e. The van der Waals surface area contributed by atoms with Gasteiger partial charge in [-0.3, -0.25) is 14.9 Å². The van der Waals surface area contributed by atoms with Crippen LogP contribution in [0.5, 0.6) is 0 Å². The van der Waals surface area contributed by atoms with E-state index in [-0.39, 0.29) is 11.4 Å². The second kappa shape index (κ2) is 11.3. The highest BCUT2D eigenvalue weighted by Gasteiger charge is 2.40. The lowest BCUT2D eigenvalue weighted by atomic mass is 9.82. The van der Waals surface area contributed by atoms with Crippen LogP contribution in [0.15, 0.2) is 46.2 Å². The first-order chi connectivity index (χ1) is 17.2. The van der Waals surface area contributed by atoms with Gasteiger partial charge in [-0.1, -0.05) is 33.2 Å².